The van der Waals surface area contributed by atoms with Crippen LogP contribution in [0.2, 0.25) is 0 Å². The zero-order valence-corrected chi connectivity index (χ0v) is 31.0. The molecular formula is C40H54N2O8S. The predicted molar refractivity (Wildman–Crippen MR) is 199 cm³/mol. The van der Waals surface area contributed by atoms with Gasteiger partial charge in [0.15, 0.2) is 0 Å². The number of benzene rings is 2. The van der Waals surface area contributed by atoms with E-state index in [1.165, 1.54) is 12.0 Å². The number of nitrogens with zero attached hydrogens (tertiary/aromatic N) is 2. The summed E-state index contributed by atoms with van der Waals surface area (Å²) >= 11 is 1.75. The van der Waals surface area contributed by atoms with E-state index in [1.807, 2.05) is 30.3 Å². The number of oxime groups is 1. The molecule has 2 N–H and O–H groups in total. The van der Waals surface area contributed by atoms with Gasteiger partial charge in [0.05, 0.1) is 31.5 Å². The molecule has 1 saturated carbocycles. The Morgan fingerprint density at radius 3 is 2.59 bits per heavy atom. The number of carbonyl (C=O) groups excluding carboxylic acids is 1. The van der Waals surface area contributed by atoms with Crippen LogP contribution in [0.4, 0.5) is 4.79 Å². The van der Waals surface area contributed by atoms with Gasteiger partial charge in [-0.2, -0.15) is 0 Å². The molecule has 0 spiro atoms. The first-order chi connectivity index (χ1) is 24.9. The van der Waals surface area contributed by atoms with Crippen LogP contribution in [0.25, 0.3) is 0 Å². The number of carbonyl (C=O) groups is 1. The molecule has 278 valence electrons. The molecule has 0 bridgehead atoms. The molecule has 2 aromatic rings. The monoisotopic (exact) mass is 722 g/mol. The molecule has 11 heteroatoms. The lowest BCUT2D eigenvalue weighted by Crippen LogP contribution is -2.69. The van der Waals surface area contributed by atoms with Crippen molar-refractivity contribution in [1.82, 2.24) is 4.90 Å². The number of rotatable bonds is 19. The van der Waals surface area contributed by atoms with Crippen molar-refractivity contribution in [3.05, 3.63) is 78.4 Å². The van der Waals surface area contributed by atoms with Gasteiger partial charge in [-0.05, 0) is 80.3 Å². The summed E-state index contributed by atoms with van der Waals surface area (Å²) in [6, 6.07) is 15.7. The maximum Gasteiger partial charge on any atom is 0.409 e. The Morgan fingerprint density at radius 2 is 1.88 bits per heavy atom. The average molecular weight is 723 g/mol. The number of aliphatic hydroxyl groups excluding tert-OH is 2. The molecule has 1 amide bonds. The molecule has 51 heavy (non-hydrogen) atoms. The Kier molecular flexibility index (Phi) is 14.3. The van der Waals surface area contributed by atoms with Crippen molar-refractivity contribution in [1.29, 1.82) is 0 Å². The third-order valence-corrected chi connectivity index (χ3v) is 11.2. The van der Waals surface area contributed by atoms with E-state index < -0.39 is 17.9 Å². The molecule has 0 aromatic heterocycles. The number of likely N-dealkylation sites (N-methyl/N-ethyl adjacent to an activating group) is 1. The number of hydrogen-bond acceptors (Lipinski definition) is 10. The van der Waals surface area contributed by atoms with Crippen molar-refractivity contribution >= 4 is 23.6 Å². The van der Waals surface area contributed by atoms with Gasteiger partial charge >= 0.3 is 6.09 Å². The SMILES string of the molecule is C=CCOC12Oc3ccc(OCCSc4ccccc4)cc3C3C(CCCCO)C(CCCCO)C=C(C(=NOC)CC1N(C)C(=O)OCC)C32. The van der Waals surface area contributed by atoms with Crippen LogP contribution in [0.15, 0.2) is 82.9 Å². The zero-order valence-electron chi connectivity index (χ0n) is 30.2. The molecule has 1 heterocycles. The third-order valence-electron chi connectivity index (χ3n) is 10.2. The standard InChI is InChI=1S/C40H54N2O8S/c1-5-22-49-40-36(42(3)39(45)47-6-2)27-34(41-46-4)32-25-28(14-10-12-20-43)31(17-11-13-21-44)37(38(32)40)33-26-29(18-19-35(33)50-40)48-23-24-51-30-15-8-7-9-16-30/h5,7-9,15-16,18-19,25-26,28,31,36-38,43-44H,1,6,10-14,17,20-24,27H2,2-4H3. The van der Waals surface area contributed by atoms with Gasteiger partial charge in [-0.15, -0.1) is 18.3 Å². The fourth-order valence-electron chi connectivity index (χ4n) is 8.12. The van der Waals surface area contributed by atoms with Gasteiger partial charge in [-0.25, -0.2) is 4.79 Å². The molecular weight excluding hydrogens is 669 g/mol. The summed E-state index contributed by atoms with van der Waals surface area (Å²) in [4.78, 5) is 21.6. The lowest BCUT2D eigenvalue weighted by Gasteiger charge is -2.59. The summed E-state index contributed by atoms with van der Waals surface area (Å²) in [6.07, 6.45) is 8.74. The average Bonchev–Trinajstić information content (AvgIpc) is 3.14. The van der Waals surface area contributed by atoms with Crippen LogP contribution in [0.1, 0.15) is 63.4 Å². The molecule has 6 atom stereocenters. The van der Waals surface area contributed by atoms with E-state index in [0.29, 0.717) is 31.6 Å². The molecule has 1 fully saturated rings. The number of fused-ring (bicyclic) bond motifs is 2. The minimum Gasteiger partial charge on any atom is -0.493 e. The van der Waals surface area contributed by atoms with Crippen LogP contribution < -0.4 is 9.47 Å². The number of allylic oxidation sites excluding steroid dienone is 1. The summed E-state index contributed by atoms with van der Waals surface area (Å²) in [7, 11) is 3.26. The van der Waals surface area contributed by atoms with Crippen LogP contribution in [-0.4, -0.2) is 91.7 Å². The van der Waals surface area contributed by atoms with E-state index in [9.17, 15) is 15.0 Å². The van der Waals surface area contributed by atoms with E-state index in [-0.39, 0.29) is 50.1 Å². The number of hydrogen-bond donors (Lipinski definition) is 2. The molecule has 10 nitrogen and oxygen atoms in total. The molecule has 2 aliphatic carbocycles. The molecule has 0 saturated heterocycles. The lowest BCUT2D eigenvalue weighted by molar-refractivity contribution is -0.253. The highest BCUT2D eigenvalue weighted by atomic mass is 32.2. The normalized spacial score (nSPS) is 25.5. The number of amides is 1. The second kappa shape index (κ2) is 18.8. The number of ether oxygens (including phenoxy) is 4. The Bertz CT molecular complexity index is 1500. The van der Waals surface area contributed by atoms with Gasteiger partial charge in [-0.1, -0.05) is 48.3 Å². The van der Waals surface area contributed by atoms with Crippen molar-refractivity contribution in [3.8, 4) is 11.5 Å². The van der Waals surface area contributed by atoms with Crippen molar-refractivity contribution in [2.75, 3.05) is 52.9 Å². The first-order valence-corrected chi connectivity index (χ1v) is 19.2. The first kappa shape index (κ1) is 38.7. The van der Waals surface area contributed by atoms with Crippen molar-refractivity contribution in [3.63, 3.8) is 0 Å². The Labute approximate surface area is 306 Å². The van der Waals surface area contributed by atoms with Crippen LogP contribution >= 0.6 is 11.8 Å². The Balaban J connectivity index is 1.63. The third kappa shape index (κ3) is 8.76. The van der Waals surface area contributed by atoms with Gasteiger partial charge in [0.25, 0.3) is 0 Å². The molecule has 6 unspecified atom stereocenters. The van der Waals surface area contributed by atoms with Gasteiger partial charge in [0.2, 0.25) is 5.79 Å². The minimum absolute atomic E-state index is 0.112. The topological polar surface area (TPSA) is 119 Å². The Hall–Kier alpha value is -3.51. The van der Waals surface area contributed by atoms with Crippen molar-refractivity contribution in [2.24, 2.45) is 22.9 Å². The summed E-state index contributed by atoms with van der Waals surface area (Å²) in [5, 5.41) is 24.1. The molecule has 3 aliphatic rings. The number of unbranched alkanes of at least 4 members (excludes halogenated alkanes) is 2. The highest BCUT2D eigenvalue weighted by Crippen LogP contribution is 2.61. The van der Waals surface area contributed by atoms with Crippen molar-refractivity contribution in [2.45, 2.75) is 74.5 Å². The number of thioether (sulfide) groups is 1. The van der Waals surface area contributed by atoms with Crippen LogP contribution in [0.5, 0.6) is 11.5 Å². The van der Waals surface area contributed by atoms with Crippen molar-refractivity contribution < 1.29 is 38.8 Å². The zero-order chi connectivity index (χ0) is 36.2. The van der Waals surface area contributed by atoms with E-state index in [2.05, 4.69) is 36.0 Å². The maximum atomic E-state index is 13.4. The summed E-state index contributed by atoms with van der Waals surface area (Å²) in [6.45, 7) is 6.96. The lowest BCUT2D eigenvalue weighted by atomic mass is 9.55. The minimum atomic E-state index is -1.30. The highest BCUT2D eigenvalue weighted by molar-refractivity contribution is 7.99. The predicted octanol–water partition coefficient (Wildman–Crippen LogP) is 7.21. The highest BCUT2D eigenvalue weighted by Gasteiger charge is 2.65. The smallest absolute Gasteiger partial charge is 0.409 e. The number of aliphatic hydroxyl groups is 2. The molecule has 2 aromatic carbocycles. The molecule has 5 rings (SSSR count). The molecule has 0 radical (unpaired) electrons. The van der Waals surface area contributed by atoms with E-state index in [0.717, 1.165) is 54.0 Å². The van der Waals surface area contributed by atoms with Gasteiger partial charge in [0.1, 0.15) is 24.7 Å². The van der Waals surface area contributed by atoms with E-state index in [1.54, 1.807) is 36.7 Å². The fraction of sp³-hybridized carbons (Fsp3) is 0.550. The Morgan fingerprint density at radius 1 is 1.12 bits per heavy atom. The summed E-state index contributed by atoms with van der Waals surface area (Å²) < 4.78 is 25.8. The fourth-order valence-corrected chi connectivity index (χ4v) is 8.87. The van der Waals surface area contributed by atoms with Crippen LogP contribution in [-0.2, 0) is 14.3 Å². The second-order valence-corrected chi connectivity index (χ2v) is 14.4. The molecule has 1 aliphatic heterocycles. The van der Waals surface area contributed by atoms with Gasteiger partial charge in [-0.3, -0.25) is 0 Å². The first-order valence-electron chi connectivity index (χ1n) is 18.2. The second-order valence-electron chi connectivity index (χ2n) is 13.3. The maximum absolute atomic E-state index is 13.4. The van der Waals surface area contributed by atoms with Crippen LogP contribution in [0.3, 0.4) is 0 Å². The summed E-state index contributed by atoms with van der Waals surface area (Å²) in [5.41, 5.74) is 2.75. The van der Waals surface area contributed by atoms with Gasteiger partial charge < -0.3 is 38.9 Å². The van der Waals surface area contributed by atoms with Crippen LogP contribution in [0, 0.1) is 17.8 Å². The van der Waals surface area contributed by atoms with Gasteiger partial charge in [0, 0.05) is 48.8 Å². The van der Waals surface area contributed by atoms with E-state index >= 15 is 0 Å². The summed E-state index contributed by atoms with van der Waals surface area (Å²) in [5.74, 6) is 0.750. The quantitative estimate of drug-likeness (QED) is 0.0671. The largest absolute Gasteiger partial charge is 0.493 e. The van der Waals surface area contributed by atoms with E-state index in [4.69, 9.17) is 23.8 Å².